The topological polar surface area (TPSA) is 80.3 Å². The van der Waals surface area contributed by atoms with Gasteiger partial charge in [-0.3, -0.25) is 4.99 Å². The van der Waals surface area contributed by atoms with Gasteiger partial charge in [0.05, 0.1) is 25.9 Å². The first kappa shape index (κ1) is 14.6. The molecule has 2 fully saturated rings. The van der Waals surface area contributed by atoms with Gasteiger partial charge < -0.3 is 25.2 Å². The highest BCUT2D eigenvalue weighted by atomic mass is 16.5. The number of morpholine rings is 1. The summed E-state index contributed by atoms with van der Waals surface area (Å²) in [6.07, 6.45) is 1.87. The van der Waals surface area contributed by atoms with Crippen LogP contribution in [0.3, 0.4) is 0 Å². The Morgan fingerprint density at radius 3 is 3.00 bits per heavy atom. The average molecular weight is 271 g/mol. The maximum absolute atomic E-state index is 9.18. The highest BCUT2D eigenvalue weighted by molar-refractivity contribution is 5.78. The quantitative estimate of drug-likeness (QED) is 0.547. The van der Waals surface area contributed by atoms with Crippen LogP contribution in [-0.4, -0.2) is 68.1 Å². The minimum absolute atomic E-state index is 0.0305. The predicted molar refractivity (Wildman–Crippen MR) is 73.0 cm³/mol. The largest absolute Gasteiger partial charge is 0.396 e. The summed E-state index contributed by atoms with van der Waals surface area (Å²) in [5.41, 5.74) is 6.03. The third kappa shape index (κ3) is 3.81. The fourth-order valence-corrected chi connectivity index (χ4v) is 2.66. The molecule has 2 saturated heterocycles. The number of hydrogen-bond donors (Lipinski definition) is 2. The Bertz CT molecular complexity index is 316. The minimum atomic E-state index is -0.0305. The first-order valence-electron chi connectivity index (χ1n) is 7.00. The van der Waals surface area contributed by atoms with Gasteiger partial charge in [-0.1, -0.05) is 0 Å². The van der Waals surface area contributed by atoms with E-state index in [2.05, 4.69) is 9.89 Å². The second kappa shape index (κ2) is 6.54. The van der Waals surface area contributed by atoms with Crippen LogP contribution in [0.25, 0.3) is 0 Å². The van der Waals surface area contributed by atoms with Gasteiger partial charge in [-0.25, -0.2) is 0 Å². The van der Waals surface area contributed by atoms with Crippen molar-refractivity contribution in [3.8, 4) is 0 Å². The highest BCUT2D eigenvalue weighted by Crippen LogP contribution is 2.32. The van der Waals surface area contributed by atoms with Crippen molar-refractivity contribution in [3.05, 3.63) is 0 Å². The molecule has 0 radical (unpaired) electrons. The number of aliphatic hydroxyl groups is 1. The number of ether oxygens (including phenoxy) is 2. The third-order valence-corrected chi connectivity index (χ3v) is 3.97. The van der Waals surface area contributed by atoms with Crippen molar-refractivity contribution < 1.29 is 14.6 Å². The molecule has 0 amide bonds. The van der Waals surface area contributed by atoms with Crippen LogP contribution in [0.4, 0.5) is 0 Å². The zero-order valence-electron chi connectivity index (χ0n) is 11.7. The van der Waals surface area contributed by atoms with E-state index in [0.717, 1.165) is 32.5 Å². The molecule has 19 heavy (non-hydrogen) atoms. The number of rotatable bonds is 4. The Morgan fingerprint density at radius 1 is 1.53 bits per heavy atom. The molecule has 0 aromatic heterocycles. The Balaban J connectivity index is 1.92. The van der Waals surface area contributed by atoms with E-state index in [9.17, 15) is 5.11 Å². The number of guanidine groups is 1. The molecule has 2 aliphatic rings. The molecule has 0 aliphatic carbocycles. The van der Waals surface area contributed by atoms with Crippen molar-refractivity contribution in [2.45, 2.75) is 25.9 Å². The summed E-state index contributed by atoms with van der Waals surface area (Å²) < 4.78 is 10.9. The number of hydrogen-bond acceptors (Lipinski definition) is 4. The van der Waals surface area contributed by atoms with Gasteiger partial charge >= 0.3 is 0 Å². The number of nitrogens with zero attached hydrogens (tertiary/aromatic N) is 2. The van der Waals surface area contributed by atoms with E-state index >= 15 is 0 Å². The van der Waals surface area contributed by atoms with Crippen molar-refractivity contribution in [2.24, 2.45) is 16.1 Å². The first-order valence-corrected chi connectivity index (χ1v) is 7.00. The maximum atomic E-state index is 9.18. The van der Waals surface area contributed by atoms with Crippen molar-refractivity contribution >= 4 is 5.96 Å². The van der Waals surface area contributed by atoms with Crippen LogP contribution in [0.5, 0.6) is 0 Å². The van der Waals surface area contributed by atoms with Gasteiger partial charge in [0.1, 0.15) is 0 Å². The fraction of sp³-hybridized carbons (Fsp3) is 0.923. The lowest BCUT2D eigenvalue weighted by molar-refractivity contribution is 0.00519. The molecule has 2 rings (SSSR count). The van der Waals surface area contributed by atoms with Crippen LogP contribution in [-0.2, 0) is 9.47 Å². The van der Waals surface area contributed by atoms with Crippen LogP contribution in [0.15, 0.2) is 4.99 Å². The van der Waals surface area contributed by atoms with E-state index in [4.69, 9.17) is 15.2 Å². The van der Waals surface area contributed by atoms with Gasteiger partial charge in [0.25, 0.3) is 0 Å². The second-order valence-electron chi connectivity index (χ2n) is 5.58. The molecule has 2 unspecified atom stereocenters. The molecule has 0 aromatic carbocycles. The monoisotopic (exact) mass is 271 g/mol. The molecule has 6 heteroatoms. The van der Waals surface area contributed by atoms with E-state index in [1.54, 1.807) is 0 Å². The fourth-order valence-electron chi connectivity index (χ4n) is 2.66. The zero-order valence-corrected chi connectivity index (χ0v) is 11.7. The standard InChI is InChI=1S/C13H25N3O3/c1-11-8-16(4-7-19-11)12(14)15-9-13(2-5-17)3-6-18-10-13/h11,17H,2-10H2,1H3,(H2,14,15). The molecule has 2 aliphatic heterocycles. The average Bonchev–Trinajstić information content (AvgIpc) is 2.85. The third-order valence-electron chi connectivity index (χ3n) is 3.97. The Labute approximate surface area is 114 Å². The van der Waals surface area contributed by atoms with Gasteiger partial charge in [0.2, 0.25) is 0 Å². The molecule has 0 saturated carbocycles. The lowest BCUT2D eigenvalue weighted by atomic mass is 9.84. The second-order valence-corrected chi connectivity index (χ2v) is 5.58. The molecule has 6 nitrogen and oxygen atoms in total. The van der Waals surface area contributed by atoms with Gasteiger partial charge in [0.15, 0.2) is 5.96 Å². The van der Waals surface area contributed by atoms with Crippen LogP contribution >= 0.6 is 0 Å². The SMILES string of the molecule is CC1CN(C(N)=NCC2(CCO)CCOC2)CCO1. The van der Waals surface area contributed by atoms with Crippen LogP contribution in [0.1, 0.15) is 19.8 Å². The molecule has 3 N–H and O–H groups in total. The molecule has 2 atom stereocenters. The van der Waals surface area contributed by atoms with Crippen LogP contribution in [0.2, 0.25) is 0 Å². The summed E-state index contributed by atoms with van der Waals surface area (Å²) in [4.78, 5) is 6.59. The molecular formula is C13H25N3O3. The van der Waals surface area contributed by atoms with E-state index < -0.39 is 0 Å². The molecule has 110 valence electrons. The van der Waals surface area contributed by atoms with Crippen LogP contribution < -0.4 is 5.73 Å². The van der Waals surface area contributed by atoms with Gasteiger partial charge in [-0.15, -0.1) is 0 Å². The smallest absolute Gasteiger partial charge is 0.191 e. The van der Waals surface area contributed by atoms with E-state index in [1.807, 2.05) is 6.92 Å². The Hall–Kier alpha value is -0.850. The number of nitrogens with two attached hydrogens (primary N) is 1. The lowest BCUT2D eigenvalue weighted by Crippen LogP contribution is -2.48. The Kier molecular flexibility index (Phi) is 5.01. The van der Waals surface area contributed by atoms with Gasteiger partial charge in [0, 0.05) is 31.7 Å². The van der Waals surface area contributed by atoms with Crippen molar-refractivity contribution in [1.82, 2.24) is 4.90 Å². The van der Waals surface area contributed by atoms with Gasteiger partial charge in [-0.05, 0) is 19.8 Å². The summed E-state index contributed by atoms with van der Waals surface area (Å²) in [5, 5.41) is 9.18. The van der Waals surface area contributed by atoms with E-state index in [1.165, 1.54) is 0 Å². The van der Waals surface area contributed by atoms with E-state index in [0.29, 0.717) is 25.7 Å². The Morgan fingerprint density at radius 2 is 2.37 bits per heavy atom. The molecule has 0 aromatic rings. The summed E-state index contributed by atoms with van der Waals surface area (Å²) in [6.45, 7) is 6.55. The number of aliphatic imine (C=N–C) groups is 1. The summed E-state index contributed by atoms with van der Waals surface area (Å²) >= 11 is 0. The van der Waals surface area contributed by atoms with Crippen molar-refractivity contribution in [1.29, 1.82) is 0 Å². The molecule has 0 bridgehead atoms. The lowest BCUT2D eigenvalue weighted by Gasteiger charge is -2.32. The minimum Gasteiger partial charge on any atom is -0.396 e. The summed E-state index contributed by atoms with van der Waals surface area (Å²) in [7, 11) is 0. The molecule has 0 spiro atoms. The van der Waals surface area contributed by atoms with Crippen molar-refractivity contribution in [2.75, 3.05) is 46.1 Å². The summed E-state index contributed by atoms with van der Waals surface area (Å²) in [5.74, 6) is 0.583. The molecule has 2 heterocycles. The van der Waals surface area contributed by atoms with Gasteiger partial charge in [-0.2, -0.15) is 0 Å². The highest BCUT2D eigenvalue weighted by Gasteiger charge is 2.34. The zero-order chi connectivity index (χ0) is 13.7. The first-order chi connectivity index (χ1) is 9.15. The van der Waals surface area contributed by atoms with Crippen LogP contribution in [0, 0.1) is 5.41 Å². The predicted octanol–water partition coefficient (Wildman–Crippen LogP) is -0.189. The molecular weight excluding hydrogens is 246 g/mol. The summed E-state index contributed by atoms with van der Waals surface area (Å²) in [6, 6.07) is 0. The number of aliphatic hydroxyl groups excluding tert-OH is 1. The van der Waals surface area contributed by atoms with Crippen molar-refractivity contribution in [3.63, 3.8) is 0 Å². The normalized spacial score (nSPS) is 32.8. The van der Waals surface area contributed by atoms with E-state index in [-0.39, 0.29) is 18.1 Å². The maximum Gasteiger partial charge on any atom is 0.191 e.